The Morgan fingerprint density at radius 1 is 1.29 bits per heavy atom. The number of benzene rings is 2. The maximum atomic E-state index is 12.1. The second-order valence-corrected chi connectivity index (χ2v) is 7.22. The molecule has 1 aromatic heterocycles. The number of H-pyrrole nitrogens is 1. The molecule has 0 saturated heterocycles. The van der Waals surface area contributed by atoms with Crippen LogP contribution in [-0.4, -0.2) is 23.7 Å². The monoisotopic (exact) mass is 377 g/mol. The largest absolute Gasteiger partial charge is 0.483 e. The number of ether oxygens (including phenoxy) is 1. The van der Waals surface area contributed by atoms with Gasteiger partial charge >= 0.3 is 0 Å². The zero-order chi connectivity index (χ0) is 20.1. The topological polar surface area (TPSA) is 66.5 Å². The molecule has 146 valence electrons. The predicted octanol–water partition coefficient (Wildman–Crippen LogP) is 4.69. The van der Waals surface area contributed by atoms with Crippen LogP contribution in [0.4, 0.5) is 0 Å². The number of para-hydroxylation sites is 1. The molecule has 5 heteroatoms. The van der Waals surface area contributed by atoms with Crippen LogP contribution in [-0.2, 0) is 11.2 Å². The molecule has 0 atom stereocenters. The van der Waals surface area contributed by atoms with Gasteiger partial charge in [-0.3, -0.25) is 4.79 Å². The SMILES string of the molecule is CCc1cccc2c(/C=N/NC(=O)COc3cc(C)ccc3C(C)C)c[nH]c12. The van der Waals surface area contributed by atoms with Crippen molar-refractivity contribution in [2.45, 2.75) is 40.0 Å². The molecular formula is C23H27N3O2. The summed E-state index contributed by atoms with van der Waals surface area (Å²) in [5, 5.41) is 5.17. The van der Waals surface area contributed by atoms with E-state index in [2.05, 4.69) is 48.4 Å². The Morgan fingerprint density at radius 3 is 2.86 bits per heavy atom. The van der Waals surface area contributed by atoms with E-state index in [4.69, 9.17) is 4.74 Å². The molecule has 2 N–H and O–H groups in total. The van der Waals surface area contributed by atoms with Gasteiger partial charge < -0.3 is 9.72 Å². The fourth-order valence-electron chi connectivity index (χ4n) is 3.23. The van der Waals surface area contributed by atoms with Crippen molar-refractivity contribution in [3.63, 3.8) is 0 Å². The second kappa shape index (κ2) is 8.74. The maximum absolute atomic E-state index is 12.1. The fourth-order valence-corrected chi connectivity index (χ4v) is 3.23. The Labute approximate surface area is 165 Å². The zero-order valence-electron chi connectivity index (χ0n) is 16.9. The highest BCUT2D eigenvalue weighted by Crippen LogP contribution is 2.27. The molecule has 0 spiro atoms. The number of nitrogens with one attached hydrogen (secondary N) is 2. The van der Waals surface area contributed by atoms with Crippen LogP contribution < -0.4 is 10.2 Å². The number of carbonyl (C=O) groups excluding carboxylic acids is 1. The van der Waals surface area contributed by atoms with Crippen molar-refractivity contribution in [3.8, 4) is 5.75 Å². The molecule has 2 aromatic carbocycles. The third-order valence-corrected chi connectivity index (χ3v) is 4.76. The van der Waals surface area contributed by atoms with Crippen molar-refractivity contribution in [1.29, 1.82) is 0 Å². The average molecular weight is 377 g/mol. The Kier molecular flexibility index (Phi) is 6.14. The van der Waals surface area contributed by atoms with E-state index in [0.29, 0.717) is 5.92 Å². The molecule has 5 nitrogen and oxygen atoms in total. The van der Waals surface area contributed by atoms with E-state index in [1.165, 1.54) is 5.56 Å². The molecule has 1 amide bonds. The number of aromatic nitrogens is 1. The molecule has 0 saturated carbocycles. The summed E-state index contributed by atoms with van der Waals surface area (Å²) in [6.45, 7) is 8.27. The van der Waals surface area contributed by atoms with Crippen LogP contribution >= 0.6 is 0 Å². The van der Waals surface area contributed by atoms with Crippen LogP contribution in [0.15, 0.2) is 47.7 Å². The zero-order valence-corrected chi connectivity index (χ0v) is 16.9. The molecule has 28 heavy (non-hydrogen) atoms. The minimum atomic E-state index is -0.290. The van der Waals surface area contributed by atoms with Gasteiger partial charge in [-0.15, -0.1) is 0 Å². The number of hydrogen-bond acceptors (Lipinski definition) is 3. The van der Waals surface area contributed by atoms with E-state index in [0.717, 1.165) is 39.8 Å². The molecule has 0 fully saturated rings. The van der Waals surface area contributed by atoms with E-state index in [-0.39, 0.29) is 12.5 Å². The van der Waals surface area contributed by atoms with E-state index in [9.17, 15) is 4.79 Å². The standard InChI is InChI=1S/C23H27N3O2/c1-5-17-7-6-8-20-18(12-24-23(17)20)13-25-26-22(27)14-28-21-11-16(4)9-10-19(21)15(2)3/h6-13,15,24H,5,14H2,1-4H3,(H,26,27)/b25-13+. The lowest BCUT2D eigenvalue weighted by molar-refractivity contribution is -0.123. The van der Waals surface area contributed by atoms with Crippen molar-refractivity contribution in [2.24, 2.45) is 5.10 Å². The first-order valence-electron chi connectivity index (χ1n) is 9.63. The Balaban J connectivity index is 1.62. The summed E-state index contributed by atoms with van der Waals surface area (Å²) in [5.41, 5.74) is 8.04. The molecule has 3 rings (SSSR count). The van der Waals surface area contributed by atoms with Crippen LogP contribution in [0, 0.1) is 6.92 Å². The van der Waals surface area contributed by atoms with Gasteiger partial charge in [-0.05, 0) is 42.0 Å². The van der Waals surface area contributed by atoms with Gasteiger partial charge in [0.1, 0.15) is 5.75 Å². The Bertz CT molecular complexity index is 1000. The van der Waals surface area contributed by atoms with Crippen molar-refractivity contribution in [2.75, 3.05) is 6.61 Å². The van der Waals surface area contributed by atoms with Gasteiger partial charge in [0.05, 0.1) is 6.21 Å². The van der Waals surface area contributed by atoms with Gasteiger partial charge in [0.2, 0.25) is 0 Å². The van der Waals surface area contributed by atoms with Gasteiger partial charge in [0.25, 0.3) is 5.91 Å². The highest BCUT2D eigenvalue weighted by atomic mass is 16.5. The first kappa shape index (κ1) is 19.7. The lowest BCUT2D eigenvalue weighted by atomic mass is 10.0. The average Bonchev–Trinajstić information content (AvgIpc) is 3.09. The third kappa shape index (κ3) is 4.42. The lowest BCUT2D eigenvalue weighted by Crippen LogP contribution is -2.25. The Hall–Kier alpha value is -3.08. The summed E-state index contributed by atoms with van der Waals surface area (Å²) in [5.74, 6) is 0.783. The van der Waals surface area contributed by atoms with Gasteiger partial charge in [-0.25, -0.2) is 5.43 Å². The van der Waals surface area contributed by atoms with Crippen molar-refractivity contribution >= 4 is 23.0 Å². The highest BCUT2D eigenvalue weighted by molar-refractivity contribution is 6.00. The van der Waals surface area contributed by atoms with Crippen LogP contribution in [0.25, 0.3) is 10.9 Å². The quantitative estimate of drug-likeness (QED) is 0.463. The number of carbonyl (C=O) groups is 1. The summed E-state index contributed by atoms with van der Waals surface area (Å²) in [6, 6.07) is 12.2. The molecule has 0 bridgehead atoms. The van der Waals surface area contributed by atoms with Gasteiger partial charge in [-0.2, -0.15) is 5.10 Å². The Morgan fingerprint density at radius 2 is 2.11 bits per heavy atom. The van der Waals surface area contributed by atoms with E-state index in [1.54, 1.807) is 6.21 Å². The lowest BCUT2D eigenvalue weighted by Gasteiger charge is -2.14. The maximum Gasteiger partial charge on any atom is 0.277 e. The normalized spacial score (nSPS) is 11.5. The van der Waals surface area contributed by atoms with Crippen molar-refractivity contribution < 1.29 is 9.53 Å². The van der Waals surface area contributed by atoms with E-state index in [1.807, 2.05) is 37.4 Å². The fraction of sp³-hybridized carbons (Fsp3) is 0.304. The number of hydrazone groups is 1. The summed E-state index contributed by atoms with van der Waals surface area (Å²) in [4.78, 5) is 15.4. The number of amides is 1. The molecule has 0 aliphatic rings. The number of nitrogens with zero attached hydrogens (tertiary/aromatic N) is 1. The highest BCUT2D eigenvalue weighted by Gasteiger charge is 2.10. The molecule has 0 radical (unpaired) electrons. The molecule has 0 aliphatic carbocycles. The second-order valence-electron chi connectivity index (χ2n) is 7.22. The van der Waals surface area contributed by atoms with Gasteiger partial charge in [0, 0.05) is 22.7 Å². The summed E-state index contributed by atoms with van der Waals surface area (Å²) in [7, 11) is 0. The minimum Gasteiger partial charge on any atom is -0.483 e. The molecule has 3 aromatic rings. The van der Waals surface area contributed by atoms with Crippen molar-refractivity contribution in [3.05, 3.63) is 64.8 Å². The molecule has 1 heterocycles. The molecular weight excluding hydrogens is 350 g/mol. The van der Waals surface area contributed by atoms with Crippen LogP contribution in [0.3, 0.4) is 0 Å². The third-order valence-electron chi connectivity index (χ3n) is 4.76. The first-order chi connectivity index (χ1) is 13.5. The molecule has 0 aliphatic heterocycles. The smallest absolute Gasteiger partial charge is 0.277 e. The number of aromatic amines is 1. The number of aryl methyl sites for hydroxylation is 2. The van der Waals surface area contributed by atoms with E-state index >= 15 is 0 Å². The molecule has 0 unspecified atom stereocenters. The van der Waals surface area contributed by atoms with E-state index < -0.39 is 0 Å². The summed E-state index contributed by atoms with van der Waals surface area (Å²) in [6.07, 6.45) is 4.51. The summed E-state index contributed by atoms with van der Waals surface area (Å²) >= 11 is 0. The number of fused-ring (bicyclic) bond motifs is 1. The summed E-state index contributed by atoms with van der Waals surface area (Å²) < 4.78 is 5.74. The number of hydrogen-bond donors (Lipinski definition) is 2. The van der Waals surface area contributed by atoms with Gasteiger partial charge in [-0.1, -0.05) is 51.1 Å². The van der Waals surface area contributed by atoms with Gasteiger partial charge in [0.15, 0.2) is 6.61 Å². The van der Waals surface area contributed by atoms with Crippen LogP contribution in [0.2, 0.25) is 0 Å². The minimum absolute atomic E-state index is 0.0750. The van der Waals surface area contributed by atoms with Crippen LogP contribution in [0.1, 0.15) is 48.9 Å². The first-order valence-corrected chi connectivity index (χ1v) is 9.63. The predicted molar refractivity (Wildman–Crippen MR) is 114 cm³/mol. The number of rotatable bonds is 7. The van der Waals surface area contributed by atoms with Crippen LogP contribution in [0.5, 0.6) is 5.75 Å². The van der Waals surface area contributed by atoms with Crippen molar-refractivity contribution in [1.82, 2.24) is 10.4 Å².